The molecule has 1 saturated carbocycles. The quantitative estimate of drug-likeness (QED) is 0.486. The van der Waals surface area contributed by atoms with Crippen LogP contribution in [-0.4, -0.2) is 22.4 Å². The summed E-state index contributed by atoms with van der Waals surface area (Å²) in [5, 5.41) is 8.67. The summed E-state index contributed by atoms with van der Waals surface area (Å²) in [4.78, 5) is 10.5. The first-order valence-electron chi connectivity index (χ1n) is 9.62. The van der Waals surface area contributed by atoms with E-state index in [0.717, 1.165) is 60.7 Å². The zero-order valence-electron chi connectivity index (χ0n) is 15.5. The van der Waals surface area contributed by atoms with Gasteiger partial charge in [-0.2, -0.15) is 0 Å². The Hall–Kier alpha value is -2.08. The van der Waals surface area contributed by atoms with Gasteiger partial charge in [-0.1, -0.05) is 18.2 Å². The Balaban J connectivity index is 1.58. The molecule has 2 aromatic carbocycles. The van der Waals surface area contributed by atoms with Crippen molar-refractivity contribution in [2.45, 2.75) is 55.4 Å². The van der Waals surface area contributed by atoms with Crippen LogP contribution in [0.15, 0.2) is 35.2 Å². The molecule has 0 bridgehead atoms. The largest absolute Gasteiger partial charge is 0.486 e. The number of fused-ring (bicyclic) bond motifs is 1. The number of aliphatic carboxylic acids is 1. The number of carbonyl (C=O) groups is 1. The summed E-state index contributed by atoms with van der Waals surface area (Å²) >= 11 is 1.02. The molecule has 3 nitrogen and oxygen atoms in total. The van der Waals surface area contributed by atoms with Gasteiger partial charge in [0.2, 0.25) is 0 Å². The second kappa shape index (κ2) is 7.74. The Morgan fingerprint density at radius 3 is 2.57 bits per heavy atom. The van der Waals surface area contributed by atoms with Crippen LogP contribution in [0.5, 0.6) is 5.75 Å². The van der Waals surface area contributed by atoms with E-state index in [1.54, 1.807) is 0 Å². The molecule has 1 heterocycles. The number of thioether (sulfide) groups is 1. The van der Waals surface area contributed by atoms with Crippen molar-refractivity contribution in [3.05, 3.63) is 47.5 Å². The van der Waals surface area contributed by atoms with Gasteiger partial charge in [0.25, 0.3) is 0 Å². The van der Waals surface area contributed by atoms with Gasteiger partial charge in [-0.25, -0.2) is 8.78 Å². The Bertz CT molecular complexity index is 884. The highest BCUT2D eigenvalue weighted by Crippen LogP contribution is 2.48. The van der Waals surface area contributed by atoms with E-state index in [4.69, 9.17) is 9.84 Å². The number of benzene rings is 2. The third-order valence-electron chi connectivity index (χ3n) is 5.53. The number of para-hydroxylation sites is 1. The molecule has 0 amide bonds. The maximum absolute atomic E-state index is 14.6. The highest BCUT2D eigenvalue weighted by atomic mass is 32.2. The van der Waals surface area contributed by atoms with Crippen LogP contribution in [-0.2, 0) is 11.2 Å². The second-order valence-electron chi connectivity index (χ2n) is 7.58. The number of hydrogen-bond donors (Lipinski definition) is 1. The van der Waals surface area contributed by atoms with E-state index >= 15 is 0 Å². The van der Waals surface area contributed by atoms with Gasteiger partial charge in [-0.3, -0.25) is 4.79 Å². The van der Waals surface area contributed by atoms with Gasteiger partial charge in [0.05, 0.1) is 4.90 Å². The highest BCUT2D eigenvalue weighted by molar-refractivity contribution is 7.99. The van der Waals surface area contributed by atoms with Crippen LogP contribution in [0.25, 0.3) is 11.1 Å². The molecular weight excluding hydrogens is 382 g/mol. The Kier molecular flexibility index (Phi) is 5.32. The van der Waals surface area contributed by atoms with E-state index < -0.39 is 17.6 Å². The summed E-state index contributed by atoms with van der Waals surface area (Å²) < 4.78 is 35.6. The summed E-state index contributed by atoms with van der Waals surface area (Å²) in [6.07, 6.45) is 5.57. The lowest BCUT2D eigenvalue weighted by Crippen LogP contribution is -2.30. The fourth-order valence-corrected chi connectivity index (χ4v) is 5.11. The molecule has 4 rings (SSSR count). The number of halogens is 2. The zero-order chi connectivity index (χ0) is 19.7. The average molecular weight is 404 g/mol. The molecule has 1 spiro atoms. The van der Waals surface area contributed by atoms with Crippen LogP contribution in [0, 0.1) is 11.6 Å². The number of carboxylic acid groups (broad SMARTS) is 1. The maximum atomic E-state index is 14.6. The monoisotopic (exact) mass is 404 g/mol. The van der Waals surface area contributed by atoms with E-state index in [2.05, 4.69) is 0 Å². The minimum absolute atomic E-state index is 0.0104. The van der Waals surface area contributed by atoms with Crippen LogP contribution in [0.1, 0.15) is 44.1 Å². The molecule has 1 N–H and O–H groups in total. The molecule has 1 aliphatic heterocycles. The number of carboxylic acids is 1. The van der Waals surface area contributed by atoms with Crippen LogP contribution in [0.4, 0.5) is 8.78 Å². The van der Waals surface area contributed by atoms with Crippen LogP contribution >= 0.6 is 11.8 Å². The first-order valence-corrected chi connectivity index (χ1v) is 10.6. The lowest BCUT2D eigenvalue weighted by molar-refractivity contribution is -0.137. The lowest BCUT2D eigenvalue weighted by atomic mass is 9.94. The summed E-state index contributed by atoms with van der Waals surface area (Å²) in [6, 6.07) is 8.49. The van der Waals surface area contributed by atoms with Gasteiger partial charge in [0.1, 0.15) is 23.0 Å². The molecular formula is C22H22F2O3S. The molecule has 0 unspecified atom stereocenters. The molecule has 1 aliphatic carbocycles. The lowest BCUT2D eigenvalue weighted by Gasteiger charge is -2.23. The van der Waals surface area contributed by atoms with Gasteiger partial charge in [0, 0.05) is 18.4 Å². The van der Waals surface area contributed by atoms with Crippen molar-refractivity contribution in [2.75, 3.05) is 5.75 Å². The minimum atomic E-state index is -0.908. The Labute approximate surface area is 167 Å². The molecule has 2 aliphatic rings. The zero-order valence-corrected chi connectivity index (χ0v) is 16.3. The van der Waals surface area contributed by atoms with Gasteiger partial charge in [-0.05, 0) is 61.1 Å². The molecule has 0 saturated heterocycles. The Morgan fingerprint density at radius 2 is 1.89 bits per heavy atom. The predicted molar refractivity (Wildman–Crippen MR) is 105 cm³/mol. The van der Waals surface area contributed by atoms with Crippen molar-refractivity contribution >= 4 is 17.7 Å². The average Bonchev–Trinajstić information content (AvgIpc) is 3.25. The molecule has 0 atom stereocenters. The second-order valence-corrected chi connectivity index (χ2v) is 8.68. The van der Waals surface area contributed by atoms with Crippen molar-refractivity contribution in [3.63, 3.8) is 0 Å². The van der Waals surface area contributed by atoms with E-state index in [1.807, 2.05) is 18.2 Å². The van der Waals surface area contributed by atoms with Crippen molar-refractivity contribution < 1.29 is 23.4 Å². The summed E-state index contributed by atoms with van der Waals surface area (Å²) in [5.74, 6) is -1.05. The van der Waals surface area contributed by atoms with E-state index in [1.165, 1.54) is 12.1 Å². The molecule has 1 fully saturated rings. The standard InChI is InChI=1S/C22H22F2O3S/c23-17-11-15(12-18(24)21(17)28-10-4-7-19(25)26)16-6-3-5-14-13-22(27-20(14)16)8-1-2-9-22/h3,5-6,11-12H,1-2,4,7-10,13H2,(H,25,26). The van der Waals surface area contributed by atoms with Crippen molar-refractivity contribution in [1.29, 1.82) is 0 Å². The van der Waals surface area contributed by atoms with Gasteiger partial charge in [0.15, 0.2) is 0 Å². The normalized spacial score (nSPS) is 16.9. The molecule has 0 radical (unpaired) electrons. The maximum Gasteiger partial charge on any atom is 0.303 e. The summed E-state index contributed by atoms with van der Waals surface area (Å²) in [7, 11) is 0. The van der Waals surface area contributed by atoms with Gasteiger partial charge < -0.3 is 9.84 Å². The first-order chi connectivity index (χ1) is 13.5. The topological polar surface area (TPSA) is 46.5 Å². The molecule has 6 heteroatoms. The fourth-order valence-electron chi connectivity index (χ4n) is 4.22. The third-order valence-corrected chi connectivity index (χ3v) is 6.70. The van der Waals surface area contributed by atoms with Crippen LogP contribution in [0.3, 0.4) is 0 Å². The summed E-state index contributed by atoms with van der Waals surface area (Å²) in [5.41, 5.74) is 2.15. The number of ether oxygens (including phenoxy) is 1. The van der Waals surface area contributed by atoms with Gasteiger partial charge >= 0.3 is 5.97 Å². The van der Waals surface area contributed by atoms with E-state index in [0.29, 0.717) is 17.7 Å². The fraction of sp³-hybridized carbons (Fsp3) is 0.409. The van der Waals surface area contributed by atoms with E-state index in [-0.39, 0.29) is 16.9 Å². The van der Waals surface area contributed by atoms with E-state index in [9.17, 15) is 13.6 Å². The molecule has 2 aromatic rings. The summed E-state index contributed by atoms with van der Waals surface area (Å²) in [6.45, 7) is 0. The molecule has 0 aromatic heterocycles. The molecule has 148 valence electrons. The highest BCUT2D eigenvalue weighted by Gasteiger charge is 2.42. The van der Waals surface area contributed by atoms with Gasteiger partial charge in [-0.15, -0.1) is 11.8 Å². The SMILES string of the molecule is O=C(O)CCCSc1c(F)cc(-c2cccc3c2OC2(CCCC2)C3)cc1F. The van der Waals surface area contributed by atoms with Crippen molar-refractivity contribution in [3.8, 4) is 16.9 Å². The predicted octanol–water partition coefficient (Wildman–Crippen LogP) is 5.84. The smallest absolute Gasteiger partial charge is 0.303 e. The Morgan fingerprint density at radius 1 is 1.18 bits per heavy atom. The van der Waals surface area contributed by atoms with Crippen molar-refractivity contribution in [1.82, 2.24) is 0 Å². The third kappa shape index (κ3) is 3.75. The van der Waals surface area contributed by atoms with Crippen LogP contribution in [0.2, 0.25) is 0 Å². The van der Waals surface area contributed by atoms with Crippen molar-refractivity contribution in [2.24, 2.45) is 0 Å². The minimum Gasteiger partial charge on any atom is -0.486 e. The number of hydrogen-bond acceptors (Lipinski definition) is 3. The molecule has 28 heavy (non-hydrogen) atoms. The first kappa shape index (κ1) is 19.2. The number of rotatable bonds is 6. The van der Waals surface area contributed by atoms with Crippen LogP contribution < -0.4 is 4.74 Å².